The average Bonchev–Trinajstić information content (AvgIpc) is 2.70. The van der Waals surface area contributed by atoms with E-state index < -0.39 is 23.8 Å². The van der Waals surface area contributed by atoms with Crippen LogP contribution in [0.25, 0.3) is 0 Å². The monoisotopic (exact) mass is 374 g/mol. The number of benzene rings is 1. The SMILES string of the molecule is CC[C@@H]1OCc2cc(F)ccc2N2C1=NCC(C)=C2C(F)(F)F.O=CO. The van der Waals surface area contributed by atoms with Gasteiger partial charge < -0.3 is 9.84 Å². The number of carbonyl (C=O) groups is 1. The van der Waals surface area contributed by atoms with Gasteiger partial charge in [0.05, 0.1) is 18.8 Å². The number of anilines is 1. The number of rotatable bonds is 1. The van der Waals surface area contributed by atoms with Crippen LogP contribution in [0.4, 0.5) is 23.2 Å². The highest BCUT2D eigenvalue weighted by atomic mass is 19.4. The summed E-state index contributed by atoms with van der Waals surface area (Å²) in [6.07, 6.45) is -4.61. The molecule has 2 heterocycles. The predicted molar refractivity (Wildman–Crippen MR) is 87.5 cm³/mol. The van der Waals surface area contributed by atoms with Gasteiger partial charge in [0, 0.05) is 5.56 Å². The van der Waals surface area contributed by atoms with Crippen molar-refractivity contribution in [2.75, 3.05) is 11.4 Å². The molecule has 142 valence electrons. The van der Waals surface area contributed by atoms with E-state index in [1.807, 2.05) is 6.92 Å². The Morgan fingerprint density at radius 1 is 1.42 bits per heavy atom. The molecule has 0 saturated carbocycles. The van der Waals surface area contributed by atoms with Gasteiger partial charge in [0.15, 0.2) is 0 Å². The number of hydrogen-bond acceptors (Lipinski definition) is 4. The molecule has 2 aliphatic rings. The van der Waals surface area contributed by atoms with Crippen LogP contribution >= 0.6 is 0 Å². The van der Waals surface area contributed by atoms with Crippen LogP contribution in [-0.4, -0.2) is 36.2 Å². The summed E-state index contributed by atoms with van der Waals surface area (Å²) in [5.41, 5.74) is 0.0326. The molecule has 1 atom stereocenters. The zero-order valence-electron chi connectivity index (χ0n) is 14.2. The molecule has 26 heavy (non-hydrogen) atoms. The molecule has 1 aromatic rings. The fourth-order valence-electron chi connectivity index (χ4n) is 2.96. The number of halogens is 4. The summed E-state index contributed by atoms with van der Waals surface area (Å²) >= 11 is 0. The van der Waals surface area contributed by atoms with Crippen molar-refractivity contribution in [2.45, 2.75) is 39.2 Å². The van der Waals surface area contributed by atoms with Crippen molar-refractivity contribution >= 4 is 18.0 Å². The molecule has 0 aliphatic carbocycles. The van der Waals surface area contributed by atoms with Gasteiger partial charge in [-0.15, -0.1) is 0 Å². The summed E-state index contributed by atoms with van der Waals surface area (Å²) in [5, 5.41) is 6.89. The highest BCUT2D eigenvalue weighted by Crippen LogP contribution is 2.40. The van der Waals surface area contributed by atoms with Crippen LogP contribution in [0.5, 0.6) is 0 Å². The van der Waals surface area contributed by atoms with Crippen LogP contribution in [0.3, 0.4) is 0 Å². The highest BCUT2D eigenvalue weighted by Gasteiger charge is 2.45. The average molecular weight is 374 g/mol. The predicted octanol–water partition coefficient (Wildman–Crippen LogP) is 3.89. The molecule has 9 heteroatoms. The van der Waals surface area contributed by atoms with Crippen LogP contribution in [0.1, 0.15) is 25.8 Å². The number of amidine groups is 1. The van der Waals surface area contributed by atoms with Gasteiger partial charge in [-0.1, -0.05) is 6.92 Å². The van der Waals surface area contributed by atoms with Crippen LogP contribution in [0.15, 0.2) is 34.5 Å². The van der Waals surface area contributed by atoms with Crippen LogP contribution in [0, 0.1) is 5.82 Å². The smallest absolute Gasteiger partial charge is 0.431 e. The Morgan fingerprint density at radius 3 is 2.65 bits per heavy atom. The first kappa shape index (κ1) is 19.9. The molecular weight excluding hydrogens is 356 g/mol. The van der Waals surface area contributed by atoms with Crippen molar-refractivity contribution in [3.05, 3.63) is 40.8 Å². The van der Waals surface area contributed by atoms with Gasteiger partial charge in [-0.3, -0.25) is 14.7 Å². The molecule has 2 aliphatic heterocycles. The normalized spacial score (nSPS) is 19.5. The molecule has 3 rings (SSSR count). The first-order valence-corrected chi connectivity index (χ1v) is 7.83. The minimum atomic E-state index is -4.53. The number of hydrogen-bond donors (Lipinski definition) is 1. The van der Waals surface area contributed by atoms with Gasteiger partial charge in [-0.25, -0.2) is 4.39 Å². The number of allylic oxidation sites excluding steroid dienone is 1. The summed E-state index contributed by atoms with van der Waals surface area (Å²) in [6.45, 7) is 3.02. The summed E-state index contributed by atoms with van der Waals surface area (Å²) < 4.78 is 60.1. The molecule has 0 fully saturated rings. The lowest BCUT2D eigenvalue weighted by atomic mass is 10.1. The highest BCUT2D eigenvalue weighted by molar-refractivity contribution is 6.05. The Morgan fingerprint density at radius 2 is 2.08 bits per heavy atom. The van der Waals surface area contributed by atoms with Gasteiger partial charge in [0.2, 0.25) is 0 Å². The Balaban J connectivity index is 0.000000758. The third-order valence-electron chi connectivity index (χ3n) is 3.98. The van der Waals surface area contributed by atoms with Crippen molar-refractivity contribution in [3.63, 3.8) is 0 Å². The Labute approximate surface area is 147 Å². The molecule has 5 nitrogen and oxygen atoms in total. The minimum Gasteiger partial charge on any atom is -0.483 e. The lowest BCUT2D eigenvalue weighted by Crippen LogP contribution is -2.45. The Kier molecular flexibility index (Phi) is 6.01. The van der Waals surface area contributed by atoms with Gasteiger partial charge in [0.25, 0.3) is 6.47 Å². The number of carboxylic acid groups (broad SMARTS) is 1. The van der Waals surface area contributed by atoms with E-state index in [9.17, 15) is 17.6 Å². The summed E-state index contributed by atoms with van der Waals surface area (Å²) in [4.78, 5) is 13.7. The third kappa shape index (κ3) is 3.87. The molecule has 0 bridgehead atoms. The summed E-state index contributed by atoms with van der Waals surface area (Å²) in [5.74, 6) is -0.275. The first-order chi connectivity index (χ1) is 12.2. The molecule has 0 spiro atoms. The molecule has 0 radical (unpaired) electrons. The number of alkyl halides is 3. The van der Waals surface area contributed by atoms with E-state index in [1.54, 1.807) is 0 Å². The van der Waals surface area contributed by atoms with Crippen molar-refractivity contribution < 1.29 is 32.2 Å². The van der Waals surface area contributed by atoms with E-state index in [4.69, 9.17) is 14.6 Å². The number of nitrogens with zero attached hydrogens (tertiary/aromatic N) is 2. The maximum Gasteiger partial charge on any atom is 0.431 e. The van der Waals surface area contributed by atoms with E-state index in [1.165, 1.54) is 19.1 Å². The summed E-state index contributed by atoms with van der Waals surface area (Å²) in [6, 6.07) is 3.72. The lowest BCUT2D eigenvalue weighted by molar-refractivity contribution is -0.122. The second-order valence-corrected chi connectivity index (χ2v) is 5.72. The maximum atomic E-state index is 13.6. The molecule has 1 N–H and O–H groups in total. The van der Waals surface area contributed by atoms with Crippen molar-refractivity contribution in [1.82, 2.24) is 0 Å². The second-order valence-electron chi connectivity index (χ2n) is 5.72. The van der Waals surface area contributed by atoms with Gasteiger partial charge >= 0.3 is 6.18 Å². The lowest BCUT2D eigenvalue weighted by Gasteiger charge is -2.35. The number of fused-ring (bicyclic) bond motifs is 3. The molecule has 0 aromatic heterocycles. The molecular formula is C17H18F4N2O3. The van der Waals surface area contributed by atoms with Crippen LogP contribution in [0.2, 0.25) is 0 Å². The standard InChI is InChI=1S/C16H16F4N2O.CH2O2/c1-3-13-15-21-7-9(2)14(16(18,19)20)22(15)12-5-4-11(17)6-10(12)8-23-13;2-1-3/h4-6,13H,3,7-8H2,1-2H3;1H,(H,2,3)/t13-;/m0./s1. The minimum absolute atomic E-state index is 0.0168. The van der Waals surface area contributed by atoms with Crippen molar-refractivity contribution in [1.29, 1.82) is 0 Å². The van der Waals surface area contributed by atoms with Crippen LogP contribution < -0.4 is 4.90 Å². The Bertz CT molecular complexity index is 744. The fourth-order valence-corrected chi connectivity index (χ4v) is 2.96. The van der Waals surface area contributed by atoms with Gasteiger partial charge in [-0.2, -0.15) is 13.2 Å². The Hall–Kier alpha value is -2.42. The molecule has 0 amide bonds. The maximum absolute atomic E-state index is 13.6. The first-order valence-electron chi connectivity index (χ1n) is 7.83. The quantitative estimate of drug-likeness (QED) is 0.598. The number of aliphatic imine (C=N–C) groups is 1. The van der Waals surface area contributed by atoms with Gasteiger partial charge in [0.1, 0.15) is 23.5 Å². The summed E-state index contributed by atoms with van der Waals surface area (Å²) in [7, 11) is 0. The van der Waals surface area contributed by atoms with Crippen molar-refractivity contribution in [2.24, 2.45) is 4.99 Å². The molecule has 0 saturated heterocycles. The zero-order chi connectivity index (χ0) is 19.5. The fraction of sp³-hybridized carbons (Fsp3) is 0.412. The number of ether oxygens (including phenoxy) is 1. The van der Waals surface area contributed by atoms with Gasteiger partial charge in [-0.05, 0) is 37.1 Å². The van der Waals surface area contributed by atoms with E-state index in [0.717, 1.165) is 11.0 Å². The van der Waals surface area contributed by atoms with E-state index >= 15 is 0 Å². The second kappa shape index (κ2) is 7.86. The largest absolute Gasteiger partial charge is 0.483 e. The van der Waals surface area contributed by atoms with Crippen molar-refractivity contribution in [3.8, 4) is 0 Å². The zero-order valence-corrected chi connectivity index (χ0v) is 14.2. The van der Waals surface area contributed by atoms with E-state index in [0.29, 0.717) is 12.0 Å². The third-order valence-corrected chi connectivity index (χ3v) is 3.98. The topological polar surface area (TPSA) is 62.1 Å². The molecule has 0 unspecified atom stereocenters. The molecule has 1 aromatic carbocycles. The van der Waals surface area contributed by atoms with Crippen LogP contribution in [-0.2, 0) is 16.1 Å². The van der Waals surface area contributed by atoms with E-state index in [-0.39, 0.29) is 36.7 Å². The van der Waals surface area contributed by atoms with E-state index in [2.05, 4.69) is 4.99 Å².